The molecule has 218 valence electrons. The fourth-order valence-electron chi connectivity index (χ4n) is 5.41. The molecule has 1 amide bonds. The summed E-state index contributed by atoms with van der Waals surface area (Å²) in [4.78, 5) is 24.7. The third kappa shape index (κ3) is 5.54. The molecule has 8 nitrogen and oxygen atoms in total. The van der Waals surface area contributed by atoms with Crippen LogP contribution in [0.25, 0.3) is 17.2 Å². The van der Waals surface area contributed by atoms with Crippen LogP contribution < -0.4 is 14.8 Å². The maximum absolute atomic E-state index is 13.0. The molecule has 3 aromatic rings. The van der Waals surface area contributed by atoms with Crippen molar-refractivity contribution in [1.82, 2.24) is 5.32 Å². The van der Waals surface area contributed by atoms with E-state index in [4.69, 9.17) is 23.5 Å². The van der Waals surface area contributed by atoms with Crippen LogP contribution in [0.1, 0.15) is 60.7 Å². The Bertz CT molecular complexity index is 1470. The second-order valence-corrected chi connectivity index (χ2v) is 11.5. The van der Waals surface area contributed by atoms with Gasteiger partial charge in [0, 0.05) is 23.6 Å². The lowest BCUT2D eigenvalue weighted by molar-refractivity contribution is 0.00578. The van der Waals surface area contributed by atoms with Gasteiger partial charge in [0.15, 0.2) is 11.5 Å². The van der Waals surface area contributed by atoms with E-state index in [1.165, 1.54) is 14.2 Å². The molecule has 42 heavy (non-hydrogen) atoms. The normalized spacial score (nSPS) is 16.9. The summed E-state index contributed by atoms with van der Waals surface area (Å²) in [6.07, 6.45) is 1.97. The Balaban J connectivity index is 1.38. The van der Waals surface area contributed by atoms with Crippen LogP contribution in [0.4, 0.5) is 4.79 Å². The lowest BCUT2D eigenvalue weighted by atomic mass is 9.76. The third-order valence-corrected chi connectivity index (χ3v) is 8.34. The first-order chi connectivity index (χ1) is 20.1. The van der Waals surface area contributed by atoms with Crippen molar-refractivity contribution in [1.29, 1.82) is 0 Å². The van der Waals surface area contributed by atoms with Crippen molar-refractivity contribution < 1.29 is 33.1 Å². The van der Waals surface area contributed by atoms with Gasteiger partial charge in [0.05, 0.1) is 25.4 Å². The van der Waals surface area contributed by atoms with Gasteiger partial charge in [-0.1, -0.05) is 54.6 Å². The van der Waals surface area contributed by atoms with Crippen molar-refractivity contribution in [2.45, 2.75) is 44.8 Å². The highest BCUT2D eigenvalue weighted by Gasteiger charge is 2.52. The average Bonchev–Trinajstić information content (AvgIpc) is 3.41. The number of hydrogen-bond donors (Lipinski definition) is 1. The molecule has 0 aromatic heterocycles. The topological polar surface area (TPSA) is 92.3 Å². The Hall–Kier alpha value is -4.08. The van der Waals surface area contributed by atoms with E-state index in [1.54, 1.807) is 18.2 Å². The predicted octanol–water partition coefficient (Wildman–Crippen LogP) is 6.07. The van der Waals surface area contributed by atoms with Crippen LogP contribution >= 0.6 is 0 Å². The molecule has 0 unspecified atom stereocenters. The highest BCUT2D eigenvalue weighted by molar-refractivity contribution is 6.56. The lowest BCUT2D eigenvalue weighted by Gasteiger charge is -2.32. The van der Waals surface area contributed by atoms with E-state index in [0.717, 1.165) is 28.5 Å². The van der Waals surface area contributed by atoms with Gasteiger partial charge in [-0.2, -0.15) is 0 Å². The minimum atomic E-state index is -0.764. The minimum Gasteiger partial charge on any atom is -0.493 e. The van der Waals surface area contributed by atoms with E-state index < -0.39 is 24.4 Å². The Kier molecular flexibility index (Phi) is 8.17. The zero-order valence-electron chi connectivity index (χ0n) is 24.9. The fourth-order valence-corrected chi connectivity index (χ4v) is 5.41. The summed E-state index contributed by atoms with van der Waals surface area (Å²) in [5.41, 5.74) is 5.01. The summed E-state index contributed by atoms with van der Waals surface area (Å²) < 4.78 is 29.4. The minimum absolute atomic E-state index is 0.0518. The summed E-state index contributed by atoms with van der Waals surface area (Å²) >= 11 is 0. The van der Waals surface area contributed by atoms with E-state index in [9.17, 15) is 9.59 Å². The Labute approximate surface area is 247 Å². The number of amides is 1. The first-order valence-corrected chi connectivity index (χ1v) is 13.9. The summed E-state index contributed by atoms with van der Waals surface area (Å²) in [6.45, 7) is 8.10. The molecule has 0 atom stereocenters. The van der Waals surface area contributed by atoms with Crippen LogP contribution in [0.2, 0.25) is 0 Å². The summed E-state index contributed by atoms with van der Waals surface area (Å²) in [5.74, 6) is 0.799. The number of rotatable bonds is 9. The number of carbonyl (C=O) groups is 2. The summed E-state index contributed by atoms with van der Waals surface area (Å²) in [7, 11) is 2.27. The van der Waals surface area contributed by atoms with Crippen LogP contribution in [0.5, 0.6) is 11.5 Å². The van der Waals surface area contributed by atoms with E-state index >= 15 is 0 Å². The highest BCUT2D eigenvalue weighted by Crippen LogP contribution is 2.44. The molecule has 1 N–H and O–H groups in total. The molecule has 0 bridgehead atoms. The molecule has 0 saturated carbocycles. The van der Waals surface area contributed by atoms with Crippen molar-refractivity contribution in [3.63, 3.8) is 0 Å². The summed E-state index contributed by atoms with van der Waals surface area (Å²) in [5, 5.41) is 2.87. The number of methoxy groups -OCH3 is 2. The molecule has 1 heterocycles. The number of hydrogen-bond acceptors (Lipinski definition) is 7. The second kappa shape index (κ2) is 11.7. The van der Waals surface area contributed by atoms with Gasteiger partial charge in [-0.15, -0.1) is 0 Å². The van der Waals surface area contributed by atoms with Crippen LogP contribution in [-0.4, -0.2) is 58.1 Å². The molecular formula is C33H36BNO7. The first-order valence-electron chi connectivity index (χ1n) is 13.9. The van der Waals surface area contributed by atoms with Crippen LogP contribution in [0.3, 0.4) is 0 Å². The number of ether oxygens (including phenoxy) is 3. The van der Waals surface area contributed by atoms with E-state index in [2.05, 4.69) is 29.6 Å². The van der Waals surface area contributed by atoms with Crippen molar-refractivity contribution in [3.05, 3.63) is 88.4 Å². The number of aldehydes is 1. The number of nitrogens with one attached hydrogen (secondary N) is 1. The highest BCUT2D eigenvalue weighted by atomic mass is 16.7. The first kappa shape index (κ1) is 29.4. The van der Waals surface area contributed by atoms with Crippen molar-refractivity contribution >= 4 is 25.6 Å². The fraction of sp³-hybridized carbons (Fsp3) is 0.333. The monoisotopic (exact) mass is 569 g/mol. The molecular weight excluding hydrogens is 533 g/mol. The van der Waals surface area contributed by atoms with Crippen molar-refractivity contribution in [3.8, 4) is 22.6 Å². The van der Waals surface area contributed by atoms with Crippen LogP contribution in [-0.2, 0) is 14.0 Å². The van der Waals surface area contributed by atoms with Crippen molar-refractivity contribution in [2.24, 2.45) is 0 Å². The summed E-state index contributed by atoms with van der Waals surface area (Å²) in [6, 6.07) is 19.7. The number of benzene rings is 3. The van der Waals surface area contributed by atoms with Crippen LogP contribution in [0.15, 0.2) is 66.1 Å². The number of carbonyl (C=O) groups excluding carboxylic acids is 2. The largest absolute Gasteiger partial charge is 0.493 e. The van der Waals surface area contributed by atoms with Gasteiger partial charge >= 0.3 is 13.2 Å². The number of alkyl carbamates (subject to hydrolysis) is 1. The molecule has 1 saturated heterocycles. The molecule has 1 aliphatic heterocycles. The van der Waals surface area contributed by atoms with Gasteiger partial charge in [0.2, 0.25) is 0 Å². The maximum Gasteiger partial charge on any atom is 0.492 e. The SMILES string of the molecule is COc1cc(C=O)cc(C=C(CNC(=O)OCC2c3ccccc3-c3ccccc32)B2OC(C)(C)C(C)(C)O2)c1OC. The Morgan fingerprint density at radius 1 is 0.929 bits per heavy atom. The van der Waals surface area contributed by atoms with Gasteiger partial charge < -0.3 is 28.8 Å². The smallest absolute Gasteiger partial charge is 0.492 e. The molecule has 9 heteroatoms. The zero-order chi connectivity index (χ0) is 30.1. The quantitative estimate of drug-likeness (QED) is 0.247. The second-order valence-electron chi connectivity index (χ2n) is 11.5. The maximum atomic E-state index is 13.0. The lowest BCUT2D eigenvalue weighted by Crippen LogP contribution is -2.41. The van der Waals surface area contributed by atoms with Gasteiger partial charge in [0.1, 0.15) is 12.9 Å². The average molecular weight is 569 g/mol. The number of fused-ring (bicyclic) bond motifs is 3. The molecule has 0 spiro atoms. The molecule has 1 aliphatic carbocycles. The zero-order valence-corrected chi connectivity index (χ0v) is 24.9. The van der Waals surface area contributed by atoms with Gasteiger partial charge in [-0.05, 0) is 67.6 Å². The molecule has 0 radical (unpaired) electrons. The standard InChI is InChI=1S/C33H36BNO7/c1-32(2)33(3,4)42-34(41-32)23(17-22-15-21(19-36)16-29(38-5)30(22)39-6)18-35-31(37)40-20-28-26-13-9-7-11-24(26)25-12-8-10-14-27(25)28/h7-17,19,28H,18,20H2,1-6H3,(H,35,37). The Morgan fingerprint density at radius 3 is 2.07 bits per heavy atom. The molecule has 5 rings (SSSR count). The van der Waals surface area contributed by atoms with E-state index in [0.29, 0.717) is 28.1 Å². The van der Waals surface area contributed by atoms with E-state index in [1.807, 2.05) is 52.0 Å². The van der Waals surface area contributed by atoms with Gasteiger partial charge in [-0.25, -0.2) is 4.79 Å². The van der Waals surface area contributed by atoms with E-state index in [-0.39, 0.29) is 19.1 Å². The molecule has 2 aliphatic rings. The predicted molar refractivity (Wildman–Crippen MR) is 162 cm³/mol. The van der Waals surface area contributed by atoms with Crippen molar-refractivity contribution in [2.75, 3.05) is 27.4 Å². The third-order valence-electron chi connectivity index (χ3n) is 8.34. The van der Waals surface area contributed by atoms with Gasteiger partial charge in [-0.3, -0.25) is 4.79 Å². The van der Waals surface area contributed by atoms with Crippen LogP contribution in [0, 0.1) is 0 Å². The Morgan fingerprint density at radius 2 is 1.52 bits per heavy atom. The molecule has 3 aromatic carbocycles. The van der Waals surface area contributed by atoms with Gasteiger partial charge in [0.25, 0.3) is 0 Å². The molecule has 1 fully saturated rings.